The summed E-state index contributed by atoms with van der Waals surface area (Å²) in [4.78, 5) is 11.8. The first-order chi connectivity index (χ1) is 7.68. The number of thiocarbonyl (C=S) groups is 1. The molecule has 16 heavy (non-hydrogen) atoms. The monoisotopic (exact) mass is 236 g/mol. The Morgan fingerprint density at radius 3 is 2.56 bits per heavy atom. The Morgan fingerprint density at radius 1 is 1.25 bits per heavy atom. The molecule has 86 valence electrons. The number of nitrogens with two attached hydrogens (primary N) is 1. The van der Waals surface area contributed by atoms with Crippen LogP contribution >= 0.6 is 12.2 Å². The molecule has 0 aliphatic heterocycles. The Kier molecular flexibility index (Phi) is 5.50. The van der Waals surface area contributed by atoms with Gasteiger partial charge >= 0.3 is 0 Å². The molecule has 0 aliphatic rings. The molecule has 0 atom stereocenters. The standard InChI is InChI=1S/C12H16N2OS/c13-11(16)8-9-14-12(15)7-6-10-4-2-1-3-5-10/h1-5H,6-9H2,(H2,13,16)(H,14,15). The largest absolute Gasteiger partial charge is 0.393 e. The van der Waals surface area contributed by atoms with E-state index in [9.17, 15) is 4.79 Å². The summed E-state index contributed by atoms with van der Waals surface area (Å²) in [6.45, 7) is 0.531. The van der Waals surface area contributed by atoms with Crippen LogP contribution in [0.5, 0.6) is 0 Å². The van der Waals surface area contributed by atoms with Crippen molar-refractivity contribution >= 4 is 23.1 Å². The van der Waals surface area contributed by atoms with Crippen LogP contribution in [-0.2, 0) is 11.2 Å². The van der Waals surface area contributed by atoms with E-state index >= 15 is 0 Å². The predicted molar refractivity (Wildman–Crippen MR) is 69.2 cm³/mol. The van der Waals surface area contributed by atoms with Gasteiger partial charge in [-0.05, 0) is 12.0 Å². The zero-order valence-electron chi connectivity index (χ0n) is 9.11. The van der Waals surface area contributed by atoms with E-state index in [-0.39, 0.29) is 5.91 Å². The molecule has 0 saturated carbocycles. The van der Waals surface area contributed by atoms with E-state index in [0.29, 0.717) is 24.4 Å². The Balaban J connectivity index is 2.18. The predicted octanol–water partition coefficient (Wildman–Crippen LogP) is 1.41. The van der Waals surface area contributed by atoms with Gasteiger partial charge in [0.25, 0.3) is 0 Å². The zero-order chi connectivity index (χ0) is 11.8. The van der Waals surface area contributed by atoms with Gasteiger partial charge in [0.15, 0.2) is 0 Å². The molecule has 0 bridgehead atoms. The molecule has 0 aliphatic carbocycles. The fourth-order valence-electron chi connectivity index (χ4n) is 1.32. The summed E-state index contributed by atoms with van der Waals surface area (Å²) in [5.74, 6) is 0.0418. The first kappa shape index (κ1) is 12.6. The van der Waals surface area contributed by atoms with Gasteiger partial charge in [0.1, 0.15) is 0 Å². The van der Waals surface area contributed by atoms with E-state index in [1.807, 2.05) is 30.3 Å². The van der Waals surface area contributed by atoms with Crippen LogP contribution in [0.4, 0.5) is 0 Å². The van der Waals surface area contributed by atoms with E-state index in [1.54, 1.807) is 0 Å². The molecule has 1 aromatic carbocycles. The summed E-state index contributed by atoms with van der Waals surface area (Å²) in [7, 11) is 0. The van der Waals surface area contributed by atoms with Crippen LogP contribution in [0.15, 0.2) is 30.3 Å². The minimum absolute atomic E-state index is 0.0418. The Labute approximate surface area is 101 Å². The maximum Gasteiger partial charge on any atom is 0.220 e. The molecule has 0 heterocycles. The highest BCUT2D eigenvalue weighted by atomic mass is 32.1. The van der Waals surface area contributed by atoms with Gasteiger partial charge in [-0.2, -0.15) is 0 Å². The first-order valence-corrected chi connectivity index (χ1v) is 5.68. The van der Waals surface area contributed by atoms with E-state index in [2.05, 4.69) is 5.32 Å². The van der Waals surface area contributed by atoms with Gasteiger partial charge in [0.2, 0.25) is 5.91 Å². The summed E-state index contributed by atoms with van der Waals surface area (Å²) in [5.41, 5.74) is 6.50. The summed E-state index contributed by atoms with van der Waals surface area (Å²) in [6, 6.07) is 9.94. The highest BCUT2D eigenvalue weighted by Gasteiger charge is 2.01. The number of hydrogen-bond donors (Lipinski definition) is 2. The maximum absolute atomic E-state index is 11.4. The second kappa shape index (κ2) is 6.95. The molecule has 0 saturated heterocycles. The molecule has 1 amide bonds. The average molecular weight is 236 g/mol. The van der Waals surface area contributed by atoms with Crippen molar-refractivity contribution in [3.63, 3.8) is 0 Å². The summed E-state index contributed by atoms with van der Waals surface area (Å²) in [6.07, 6.45) is 1.83. The molecule has 0 unspecified atom stereocenters. The van der Waals surface area contributed by atoms with E-state index in [1.165, 1.54) is 5.56 Å². The lowest BCUT2D eigenvalue weighted by Crippen LogP contribution is -2.27. The highest BCUT2D eigenvalue weighted by molar-refractivity contribution is 7.80. The van der Waals surface area contributed by atoms with Crippen molar-refractivity contribution < 1.29 is 4.79 Å². The number of carbonyl (C=O) groups excluding carboxylic acids is 1. The lowest BCUT2D eigenvalue weighted by molar-refractivity contribution is -0.120. The number of nitrogens with one attached hydrogen (secondary N) is 1. The third-order valence-electron chi connectivity index (χ3n) is 2.18. The van der Waals surface area contributed by atoms with Crippen LogP contribution < -0.4 is 11.1 Å². The van der Waals surface area contributed by atoms with Crippen LogP contribution in [0, 0.1) is 0 Å². The Morgan fingerprint density at radius 2 is 1.94 bits per heavy atom. The smallest absolute Gasteiger partial charge is 0.220 e. The molecular formula is C12H16N2OS. The van der Waals surface area contributed by atoms with Gasteiger partial charge < -0.3 is 11.1 Å². The molecule has 0 spiro atoms. The quantitative estimate of drug-likeness (QED) is 0.734. The van der Waals surface area contributed by atoms with Crippen LogP contribution in [-0.4, -0.2) is 17.4 Å². The molecule has 0 fully saturated rings. The van der Waals surface area contributed by atoms with Crippen LogP contribution in [0.3, 0.4) is 0 Å². The van der Waals surface area contributed by atoms with Crippen molar-refractivity contribution in [3.05, 3.63) is 35.9 Å². The van der Waals surface area contributed by atoms with Crippen molar-refractivity contribution in [3.8, 4) is 0 Å². The van der Waals surface area contributed by atoms with E-state index < -0.39 is 0 Å². The van der Waals surface area contributed by atoms with Crippen LogP contribution in [0.2, 0.25) is 0 Å². The molecule has 3 N–H and O–H groups in total. The van der Waals surface area contributed by atoms with Crippen molar-refractivity contribution in [1.29, 1.82) is 0 Å². The summed E-state index contributed by atoms with van der Waals surface area (Å²) >= 11 is 4.72. The third kappa shape index (κ3) is 5.46. The molecule has 0 aromatic heterocycles. The van der Waals surface area contributed by atoms with Crippen molar-refractivity contribution in [2.24, 2.45) is 5.73 Å². The number of amides is 1. The maximum atomic E-state index is 11.4. The molecule has 1 aromatic rings. The average Bonchev–Trinajstić information content (AvgIpc) is 2.27. The first-order valence-electron chi connectivity index (χ1n) is 5.27. The molecule has 3 nitrogen and oxygen atoms in total. The third-order valence-corrected chi connectivity index (χ3v) is 2.38. The van der Waals surface area contributed by atoms with Gasteiger partial charge in [-0.25, -0.2) is 0 Å². The number of rotatable bonds is 6. The molecule has 0 radical (unpaired) electrons. The fraction of sp³-hybridized carbons (Fsp3) is 0.333. The van der Waals surface area contributed by atoms with E-state index in [0.717, 1.165) is 6.42 Å². The minimum atomic E-state index is 0.0418. The van der Waals surface area contributed by atoms with Gasteiger partial charge in [0.05, 0.1) is 4.99 Å². The van der Waals surface area contributed by atoms with Crippen LogP contribution in [0.1, 0.15) is 18.4 Å². The lowest BCUT2D eigenvalue weighted by Gasteiger charge is -2.04. The second-order valence-electron chi connectivity index (χ2n) is 3.55. The summed E-state index contributed by atoms with van der Waals surface area (Å²) < 4.78 is 0. The van der Waals surface area contributed by atoms with Gasteiger partial charge in [-0.3, -0.25) is 4.79 Å². The SMILES string of the molecule is NC(=S)CCNC(=O)CCc1ccccc1. The van der Waals surface area contributed by atoms with E-state index in [4.69, 9.17) is 18.0 Å². The van der Waals surface area contributed by atoms with Gasteiger partial charge in [0, 0.05) is 19.4 Å². The van der Waals surface area contributed by atoms with Crippen molar-refractivity contribution in [1.82, 2.24) is 5.32 Å². The van der Waals surface area contributed by atoms with Crippen molar-refractivity contribution in [2.45, 2.75) is 19.3 Å². The van der Waals surface area contributed by atoms with Gasteiger partial charge in [-0.1, -0.05) is 42.5 Å². The highest BCUT2D eigenvalue weighted by Crippen LogP contribution is 2.01. The van der Waals surface area contributed by atoms with Crippen molar-refractivity contribution in [2.75, 3.05) is 6.54 Å². The topological polar surface area (TPSA) is 55.1 Å². The Hall–Kier alpha value is -1.42. The summed E-state index contributed by atoms with van der Waals surface area (Å²) in [5, 5.41) is 2.78. The molecular weight excluding hydrogens is 220 g/mol. The number of carbonyl (C=O) groups is 1. The number of benzene rings is 1. The number of aryl methyl sites for hydroxylation is 1. The molecule has 1 rings (SSSR count). The zero-order valence-corrected chi connectivity index (χ0v) is 9.93. The van der Waals surface area contributed by atoms with Crippen LogP contribution in [0.25, 0.3) is 0 Å². The molecule has 4 heteroatoms. The second-order valence-corrected chi connectivity index (χ2v) is 4.08. The fourth-order valence-corrected chi connectivity index (χ4v) is 1.42. The lowest BCUT2D eigenvalue weighted by atomic mass is 10.1. The normalized spacial score (nSPS) is 9.75. The minimum Gasteiger partial charge on any atom is -0.393 e. The number of hydrogen-bond acceptors (Lipinski definition) is 2. The van der Waals surface area contributed by atoms with Gasteiger partial charge in [-0.15, -0.1) is 0 Å². The Bertz CT molecular complexity index is 351.